The highest BCUT2D eigenvalue weighted by Gasteiger charge is 2.37. The fourth-order valence-electron chi connectivity index (χ4n) is 1.69. The van der Waals surface area contributed by atoms with Crippen molar-refractivity contribution >= 4 is 11.7 Å². The second-order valence-corrected chi connectivity index (χ2v) is 4.07. The molecule has 1 amide bonds. The van der Waals surface area contributed by atoms with Gasteiger partial charge in [-0.3, -0.25) is 9.89 Å². The van der Waals surface area contributed by atoms with Crippen LogP contribution in [-0.2, 0) is 9.53 Å². The van der Waals surface area contributed by atoms with Crippen LogP contribution in [0.2, 0.25) is 0 Å². The van der Waals surface area contributed by atoms with Gasteiger partial charge in [0.25, 0.3) is 5.91 Å². The third-order valence-corrected chi connectivity index (χ3v) is 2.65. The minimum atomic E-state index is -0.688. The first-order valence-corrected chi connectivity index (χ1v) is 5.08. The van der Waals surface area contributed by atoms with Crippen LogP contribution < -0.4 is 5.32 Å². The lowest BCUT2D eigenvalue weighted by Crippen LogP contribution is -2.39. The van der Waals surface area contributed by atoms with E-state index in [2.05, 4.69) is 15.5 Å². The molecule has 0 radical (unpaired) electrons. The van der Waals surface area contributed by atoms with Crippen LogP contribution in [-0.4, -0.2) is 28.3 Å². The fourth-order valence-corrected chi connectivity index (χ4v) is 1.69. The number of carbonyl (C=O) groups excluding carboxylic acids is 1. The smallest absolute Gasteiger partial charge is 0.257 e. The number of aromatic amines is 1. The molecule has 1 aliphatic heterocycles. The first-order chi connectivity index (χ1) is 7.10. The highest BCUT2D eigenvalue weighted by atomic mass is 16.5. The van der Waals surface area contributed by atoms with E-state index in [4.69, 9.17) is 4.74 Å². The van der Waals surface area contributed by atoms with Gasteiger partial charge < -0.3 is 10.1 Å². The summed E-state index contributed by atoms with van der Waals surface area (Å²) in [5.74, 6) is 0.431. The van der Waals surface area contributed by atoms with Crippen molar-refractivity contribution in [2.24, 2.45) is 0 Å². The Balaban J connectivity index is 2.03. The van der Waals surface area contributed by atoms with E-state index in [1.54, 1.807) is 6.07 Å². The number of hydrogen-bond acceptors (Lipinski definition) is 3. The van der Waals surface area contributed by atoms with Crippen molar-refractivity contribution in [3.05, 3.63) is 11.8 Å². The summed E-state index contributed by atoms with van der Waals surface area (Å²) >= 11 is 0. The summed E-state index contributed by atoms with van der Waals surface area (Å²) < 4.78 is 5.43. The fraction of sp³-hybridized carbons (Fsp3) is 0.600. The molecule has 1 unspecified atom stereocenters. The van der Waals surface area contributed by atoms with E-state index in [1.165, 1.54) is 0 Å². The lowest BCUT2D eigenvalue weighted by atomic mass is 10.0. The molecule has 0 bridgehead atoms. The standard InChI is InChI=1S/C10H15N3O2/c1-7-6-8(13-12-7)11-9(14)10(2)4-3-5-15-10/h6H,3-5H2,1-2H3,(H2,11,12,13,14). The van der Waals surface area contributed by atoms with E-state index >= 15 is 0 Å². The van der Waals surface area contributed by atoms with Crippen LogP contribution in [0.4, 0.5) is 5.82 Å². The number of carbonyl (C=O) groups is 1. The van der Waals surface area contributed by atoms with E-state index in [9.17, 15) is 4.79 Å². The quantitative estimate of drug-likeness (QED) is 0.769. The van der Waals surface area contributed by atoms with Gasteiger partial charge in [-0.05, 0) is 26.7 Å². The van der Waals surface area contributed by atoms with E-state index in [0.717, 1.165) is 18.5 Å². The van der Waals surface area contributed by atoms with Crippen LogP contribution in [0.3, 0.4) is 0 Å². The molecule has 1 atom stereocenters. The van der Waals surface area contributed by atoms with Gasteiger partial charge >= 0.3 is 0 Å². The minimum absolute atomic E-state index is 0.119. The number of rotatable bonds is 2. The molecule has 82 valence electrons. The average Bonchev–Trinajstić information content (AvgIpc) is 2.76. The molecule has 15 heavy (non-hydrogen) atoms. The maximum atomic E-state index is 11.9. The molecule has 1 aromatic heterocycles. The van der Waals surface area contributed by atoms with Gasteiger partial charge in [0.05, 0.1) is 0 Å². The van der Waals surface area contributed by atoms with Gasteiger partial charge in [0, 0.05) is 18.4 Å². The van der Waals surface area contributed by atoms with Crippen LogP contribution in [0.5, 0.6) is 0 Å². The van der Waals surface area contributed by atoms with E-state index in [0.29, 0.717) is 12.4 Å². The van der Waals surface area contributed by atoms with Crippen LogP contribution in [0.15, 0.2) is 6.07 Å². The number of nitrogens with zero attached hydrogens (tertiary/aromatic N) is 1. The Morgan fingerprint density at radius 2 is 2.53 bits per heavy atom. The molecule has 1 saturated heterocycles. The van der Waals surface area contributed by atoms with E-state index < -0.39 is 5.60 Å². The summed E-state index contributed by atoms with van der Waals surface area (Å²) in [6, 6.07) is 1.79. The average molecular weight is 209 g/mol. The Morgan fingerprint density at radius 3 is 3.07 bits per heavy atom. The minimum Gasteiger partial charge on any atom is -0.365 e. The van der Waals surface area contributed by atoms with Crippen molar-refractivity contribution in [1.29, 1.82) is 0 Å². The lowest BCUT2D eigenvalue weighted by molar-refractivity contribution is -0.133. The van der Waals surface area contributed by atoms with E-state index in [-0.39, 0.29) is 5.91 Å². The Morgan fingerprint density at radius 1 is 1.73 bits per heavy atom. The molecule has 2 heterocycles. The summed E-state index contributed by atoms with van der Waals surface area (Å²) in [6.07, 6.45) is 1.70. The van der Waals surface area contributed by atoms with Crippen molar-refractivity contribution in [3.8, 4) is 0 Å². The van der Waals surface area contributed by atoms with Crippen LogP contribution in [0.1, 0.15) is 25.5 Å². The zero-order valence-electron chi connectivity index (χ0n) is 8.96. The van der Waals surface area contributed by atoms with Gasteiger partial charge in [0.1, 0.15) is 5.60 Å². The highest BCUT2D eigenvalue weighted by Crippen LogP contribution is 2.26. The summed E-state index contributed by atoms with van der Waals surface area (Å²) in [5.41, 5.74) is 0.232. The monoisotopic (exact) mass is 209 g/mol. The van der Waals surface area contributed by atoms with Crippen molar-refractivity contribution in [3.63, 3.8) is 0 Å². The maximum absolute atomic E-state index is 11.9. The molecule has 5 nitrogen and oxygen atoms in total. The SMILES string of the molecule is Cc1cc(NC(=O)C2(C)CCCO2)n[nH]1. The maximum Gasteiger partial charge on any atom is 0.257 e. The second-order valence-electron chi connectivity index (χ2n) is 4.07. The Hall–Kier alpha value is -1.36. The third-order valence-electron chi connectivity index (χ3n) is 2.65. The topological polar surface area (TPSA) is 67.0 Å². The molecule has 1 fully saturated rings. The van der Waals surface area contributed by atoms with Crippen LogP contribution >= 0.6 is 0 Å². The number of H-pyrrole nitrogens is 1. The number of aryl methyl sites for hydroxylation is 1. The van der Waals surface area contributed by atoms with Crippen molar-refractivity contribution in [2.75, 3.05) is 11.9 Å². The predicted octanol–water partition coefficient (Wildman–Crippen LogP) is 1.23. The molecule has 5 heteroatoms. The molecule has 0 aliphatic carbocycles. The first-order valence-electron chi connectivity index (χ1n) is 5.08. The Kier molecular flexibility index (Phi) is 2.48. The Labute approximate surface area is 88.2 Å². The number of ether oxygens (including phenoxy) is 1. The Bertz CT molecular complexity index is 366. The van der Waals surface area contributed by atoms with Gasteiger partial charge in [-0.25, -0.2) is 0 Å². The molecule has 0 spiro atoms. The summed E-state index contributed by atoms with van der Waals surface area (Å²) in [5, 5.41) is 9.46. The predicted molar refractivity (Wildman–Crippen MR) is 55.5 cm³/mol. The summed E-state index contributed by atoms with van der Waals surface area (Å²) in [7, 11) is 0. The lowest BCUT2D eigenvalue weighted by Gasteiger charge is -2.20. The van der Waals surface area contributed by atoms with E-state index in [1.807, 2.05) is 13.8 Å². The van der Waals surface area contributed by atoms with Gasteiger partial charge in [-0.1, -0.05) is 0 Å². The second kappa shape index (κ2) is 3.66. The number of amides is 1. The summed E-state index contributed by atoms with van der Waals surface area (Å²) in [6.45, 7) is 4.36. The number of aromatic nitrogens is 2. The van der Waals surface area contributed by atoms with Crippen molar-refractivity contribution in [1.82, 2.24) is 10.2 Å². The molecule has 2 N–H and O–H groups in total. The first kappa shape index (κ1) is 10.2. The summed E-state index contributed by atoms with van der Waals surface area (Å²) in [4.78, 5) is 11.9. The van der Waals surface area contributed by atoms with Crippen LogP contribution in [0.25, 0.3) is 0 Å². The molecular formula is C10H15N3O2. The molecule has 0 aromatic carbocycles. The number of anilines is 1. The van der Waals surface area contributed by atoms with Crippen molar-refractivity contribution in [2.45, 2.75) is 32.3 Å². The van der Waals surface area contributed by atoms with Crippen LogP contribution in [0, 0.1) is 6.92 Å². The molecule has 1 aromatic rings. The largest absolute Gasteiger partial charge is 0.365 e. The number of hydrogen-bond donors (Lipinski definition) is 2. The third kappa shape index (κ3) is 2.02. The highest BCUT2D eigenvalue weighted by molar-refractivity contribution is 5.96. The molecule has 1 aliphatic rings. The van der Waals surface area contributed by atoms with Gasteiger partial charge in [-0.2, -0.15) is 5.10 Å². The van der Waals surface area contributed by atoms with Gasteiger partial charge in [0.15, 0.2) is 5.82 Å². The van der Waals surface area contributed by atoms with Crippen molar-refractivity contribution < 1.29 is 9.53 Å². The molecule has 0 saturated carbocycles. The normalized spacial score (nSPS) is 25.5. The molecular weight excluding hydrogens is 194 g/mol. The zero-order valence-corrected chi connectivity index (χ0v) is 8.96. The van der Waals surface area contributed by atoms with Gasteiger partial charge in [-0.15, -0.1) is 0 Å². The van der Waals surface area contributed by atoms with Gasteiger partial charge in [0.2, 0.25) is 0 Å². The number of nitrogens with one attached hydrogen (secondary N) is 2. The molecule has 2 rings (SSSR count). The zero-order chi connectivity index (χ0) is 10.9.